The van der Waals surface area contributed by atoms with E-state index in [1.165, 1.54) is 17.2 Å². The summed E-state index contributed by atoms with van der Waals surface area (Å²) in [7, 11) is -0.325. The van der Waals surface area contributed by atoms with Crippen LogP contribution in [0.2, 0.25) is 5.02 Å². The normalized spacial score (nSPS) is 12.3. The van der Waals surface area contributed by atoms with E-state index in [9.17, 15) is 13.2 Å². The number of hydrogen-bond acceptors (Lipinski definition) is 4. The summed E-state index contributed by atoms with van der Waals surface area (Å²) in [5, 5.41) is 0.232. The fourth-order valence-corrected chi connectivity index (χ4v) is 2.41. The molecule has 6 heteroatoms. The van der Waals surface area contributed by atoms with Crippen LogP contribution in [-0.4, -0.2) is 39.5 Å². The van der Waals surface area contributed by atoms with Crippen LogP contribution in [0, 0.1) is 0 Å². The minimum atomic E-state index is -3.61. The SMILES string of the molecule is CN(C)/C=C(/C(=O)c1ccccc1Cl)S(C)(=O)=O. The molecule has 0 aliphatic rings. The van der Waals surface area contributed by atoms with E-state index in [-0.39, 0.29) is 15.5 Å². The molecule has 0 bridgehead atoms. The van der Waals surface area contributed by atoms with Crippen molar-refractivity contribution in [2.24, 2.45) is 0 Å². The molecule has 1 rings (SSSR count). The number of hydrogen-bond donors (Lipinski definition) is 0. The average Bonchev–Trinajstić information content (AvgIpc) is 2.24. The molecule has 1 aromatic rings. The van der Waals surface area contributed by atoms with E-state index in [4.69, 9.17) is 11.6 Å². The zero-order chi connectivity index (χ0) is 13.9. The Balaban J connectivity index is 3.34. The van der Waals surface area contributed by atoms with Gasteiger partial charge in [-0.2, -0.15) is 0 Å². The molecule has 0 aromatic heterocycles. The fraction of sp³-hybridized carbons (Fsp3) is 0.250. The maximum Gasteiger partial charge on any atom is 0.207 e. The van der Waals surface area contributed by atoms with Crippen LogP contribution in [0.1, 0.15) is 10.4 Å². The molecule has 0 N–H and O–H groups in total. The first kappa shape index (κ1) is 14.7. The highest BCUT2D eigenvalue weighted by Crippen LogP contribution is 2.21. The summed E-state index contributed by atoms with van der Waals surface area (Å²) in [5.74, 6) is -0.600. The first-order valence-corrected chi connectivity index (χ1v) is 7.38. The van der Waals surface area contributed by atoms with Gasteiger partial charge in [0.1, 0.15) is 4.91 Å². The number of ketones is 1. The zero-order valence-corrected chi connectivity index (χ0v) is 11.9. The smallest absolute Gasteiger partial charge is 0.207 e. The lowest BCUT2D eigenvalue weighted by Gasteiger charge is -2.10. The van der Waals surface area contributed by atoms with E-state index in [2.05, 4.69) is 0 Å². The van der Waals surface area contributed by atoms with Crippen molar-refractivity contribution in [1.82, 2.24) is 4.90 Å². The van der Waals surface area contributed by atoms with Crippen LogP contribution in [0.15, 0.2) is 35.4 Å². The molecule has 0 radical (unpaired) electrons. The lowest BCUT2D eigenvalue weighted by molar-refractivity contribution is 0.104. The van der Waals surface area contributed by atoms with E-state index in [0.717, 1.165) is 6.26 Å². The third kappa shape index (κ3) is 3.58. The summed E-state index contributed by atoms with van der Waals surface area (Å²) in [6.45, 7) is 0. The van der Waals surface area contributed by atoms with Crippen LogP contribution in [0.25, 0.3) is 0 Å². The maximum absolute atomic E-state index is 12.2. The molecule has 98 valence electrons. The summed E-state index contributed by atoms with van der Waals surface area (Å²) in [6.07, 6.45) is 2.28. The molecule has 0 unspecified atom stereocenters. The van der Waals surface area contributed by atoms with Crippen LogP contribution in [0.4, 0.5) is 0 Å². The maximum atomic E-state index is 12.2. The number of carbonyl (C=O) groups is 1. The van der Waals surface area contributed by atoms with Crippen molar-refractivity contribution in [2.75, 3.05) is 20.4 Å². The Hall–Kier alpha value is -1.33. The minimum absolute atomic E-state index is 0.178. The van der Waals surface area contributed by atoms with E-state index in [0.29, 0.717) is 0 Å². The van der Waals surface area contributed by atoms with Gasteiger partial charge in [0.25, 0.3) is 0 Å². The van der Waals surface area contributed by atoms with E-state index >= 15 is 0 Å². The minimum Gasteiger partial charge on any atom is -0.382 e. The second-order valence-corrected chi connectivity index (χ2v) is 6.43. The van der Waals surface area contributed by atoms with Gasteiger partial charge in [-0.1, -0.05) is 23.7 Å². The first-order chi connectivity index (χ1) is 8.23. The van der Waals surface area contributed by atoms with Crippen molar-refractivity contribution >= 4 is 27.2 Å². The van der Waals surface area contributed by atoms with Crippen molar-refractivity contribution in [3.05, 3.63) is 46.0 Å². The van der Waals surface area contributed by atoms with Crippen molar-refractivity contribution in [3.8, 4) is 0 Å². The molecule has 0 fully saturated rings. The molecule has 0 spiro atoms. The number of benzene rings is 1. The Morgan fingerprint density at radius 1 is 1.28 bits per heavy atom. The van der Waals surface area contributed by atoms with Gasteiger partial charge < -0.3 is 4.90 Å². The quantitative estimate of drug-likeness (QED) is 0.628. The molecular formula is C12H14ClNO3S. The van der Waals surface area contributed by atoms with Crippen LogP contribution in [-0.2, 0) is 9.84 Å². The molecule has 0 amide bonds. The summed E-state index contributed by atoms with van der Waals surface area (Å²) < 4.78 is 23.3. The van der Waals surface area contributed by atoms with Gasteiger partial charge in [0.15, 0.2) is 9.84 Å². The third-order valence-electron chi connectivity index (χ3n) is 2.12. The molecule has 18 heavy (non-hydrogen) atoms. The van der Waals surface area contributed by atoms with Gasteiger partial charge >= 0.3 is 0 Å². The standard InChI is InChI=1S/C12H14ClNO3S/c1-14(2)8-11(18(3,16)17)12(15)9-6-4-5-7-10(9)13/h4-8H,1-3H3/b11-8-. The van der Waals surface area contributed by atoms with Gasteiger partial charge in [0.2, 0.25) is 5.78 Å². The molecule has 0 saturated heterocycles. The Labute approximate surface area is 112 Å². The Morgan fingerprint density at radius 2 is 1.83 bits per heavy atom. The largest absolute Gasteiger partial charge is 0.382 e. The Bertz CT molecular complexity index is 591. The summed E-state index contributed by atoms with van der Waals surface area (Å²) >= 11 is 5.89. The van der Waals surface area contributed by atoms with Crippen molar-refractivity contribution in [3.63, 3.8) is 0 Å². The van der Waals surface area contributed by atoms with Gasteiger partial charge in [-0.25, -0.2) is 8.42 Å². The Kier molecular flexibility index (Phi) is 4.53. The highest BCUT2D eigenvalue weighted by Gasteiger charge is 2.23. The summed E-state index contributed by atoms with van der Waals surface area (Å²) in [4.78, 5) is 13.4. The third-order valence-corrected chi connectivity index (χ3v) is 3.54. The topological polar surface area (TPSA) is 54.5 Å². The number of Topliss-reactive ketones (excluding diaryl/α,β-unsaturated/α-hetero) is 1. The zero-order valence-electron chi connectivity index (χ0n) is 10.3. The highest BCUT2D eigenvalue weighted by molar-refractivity contribution is 7.95. The lowest BCUT2D eigenvalue weighted by atomic mass is 10.1. The van der Waals surface area contributed by atoms with Gasteiger partial charge in [-0.15, -0.1) is 0 Å². The lowest BCUT2D eigenvalue weighted by Crippen LogP contribution is -2.17. The molecule has 0 heterocycles. The number of carbonyl (C=O) groups excluding carboxylic acids is 1. The van der Waals surface area contributed by atoms with Gasteiger partial charge in [-0.05, 0) is 12.1 Å². The molecule has 0 aliphatic carbocycles. The number of sulfone groups is 1. The number of allylic oxidation sites excluding steroid dienone is 1. The molecule has 1 aromatic carbocycles. The number of halogens is 1. The second kappa shape index (κ2) is 5.54. The monoisotopic (exact) mass is 287 g/mol. The molecule has 0 aliphatic heterocycles. The second-order valence-electron chi connectivity index (χ2n) is 4.04. The van der Waals surface area contributed by atoms with E-state index < -0.39 is 15.6 Å². The molecule has 4 nitrogen and oxygen atoms in total. The fourth-order valence-electron chi connectivity index (χ4n) is 1.34. The van der Waals surface area contributed by atoms with Crippen LogP contribution < -0.4 is 0 Å². The predicted octanol–water partition coefficient (Wildman–Crippen LogP) is 1.97. The molecule has 0 saturated carbocycles. The van der Waals surface area contributed by atoms with Crippen LogP contribution in [0.5, 0.6) is 0 Å². The van der Waals surface area contributed by atoms with Crippen molar-refractivity contribution in [2.45, 2.75) is 0 Å². The van der Waals surface area contributed by atoms with Gasteiger partial charge in [0, 0.05) is 32.1 Å². The van der Waals surface area contributed by atoms with Crippen molar-refractivity contribution in [1.29, 1.82) is 0 Å². The first-order valence-electron chi connectivity index (χ1n) is 5.11. The van der Waals surface area contributed by atoms with Gasteiger partial charge in [-0.3, -0.25) is 4.79 Å². The van der Waals surface area contributed by atoms with Crippen molar-refractivity contribution < 1.29 is 13.2 Å². The predicted molar refractivity (Wildman–Crippen MR) is 72.4 cm³/mol. The number of nitrogens with zero attached hydrogens (tertiary/aromatic N) is 1. The van der Waals surface area contributed by atoms with Crippen LogP contribution >= 0.6 is 11.6 Å². The average molecular weight is 288 g/mol. The molecule has 0 atom stereocenters. The highest BCUT2D eigenvalue weighted by atomic mass is 35.5. The number of rotatable bonds is 4. The summed E-state index contributed by atoms with van der Waals surface area (Å²) in [6, 6.07) is 6.35. The van der Waals surface area contributed by atoms with Gasteiger partial charge in [0.05, 0.1) is 5.02 Å². The van der Waals surface area contributed by atoms with E-state index in [1.54, 1.807) is 32.3 Å². The summed E-state index contributed by atoms with van der Waals surface area (Å²) in [5.41, 5.74) is 0.178. The van der Waals surface area contributed by atoms with Crippen LogP contribution in [0.3, 0.4) is 0 Å². The van der Waals surface area contributed by atoms with E-state index in [1.807, 2.05) is 0 Å². The molecular weight excluding hydrogens is 274 g/mol. The Morgan fingerprint density at radius 3 is 2.28 bits per heavy atom.